The van der Waals surface area contributed by atoms with E-state index in [0.29, 0.717) is 6.04 Å². The lowest BCUT2D eigenvalue weighted by Gasteiger charge is -2.34. The molecule has 0 bridgehead atoms. The molecular weight excluding hydrogens is 266 g/mol. The minimum Gasteiger partial charge on any atom is -0.357 e. The molecule has 2 fully saturated rings. The number of anilines is 1. The van der Waals surface area contributed by atoms with E-state index < -0.39 is 0 Å². The molecule has 1 aromatic heterocycles. The highest BCUT2D eigenvalue weighted by Gasteiger charge is 2.21. The van der Waals surface area contributed by atoms with Crippen molar-refractivity contribution in [2.45, 2.75) is 31.7 Å². The predicted molar refractivity (Wildman–Crippen MR) is 87.5 cm³/mol. The Kier molecular flexibility index (Phi) is 5.20. The number of rotatable bonds is 4. The van der Waals surface area contributed by atoms with E-state index in [0.717, 1.165) is 24.8 Å². The van der Waals surface area contributed by atoms with Gasteiger partial charge in [0.1, 0.15) is 5.82 Å². The number of pyridine rings is 1. The highest BCUT2D eigenvalue weighted by Crippen LogP contribution is 2.23. The van der Waals surface area contributed by atoms with Gasteiger partial charge < -0.3 is 10.2 Å². The van der Waals surface area contributed by atoms with Crippen LogP contribution in [0.2, 0.25) is 0 Å². The normalized spacial score (nSPS) is 22.1. The first kappa shape index (κ1) is 14.2. The van der Waals surface area contributed by atoms with Gasteiger partial charge in [-0.15, -0.1) is 0 Å². The standard InChI is InChI=1S/C16H25N3S/c1-2-8-17-16(3-1)19-9-4-15(5-10-19)18-13-14-6-11-20-12-7-14/h1-3,8,14-15,18H,4-7,9-13H2. The van der Waals surface area contributed by atoms with Crippen molar-refractivity contribution >= 4 is 17.6 Å². The van der Waals surface area contributed by atoms with Gasteiger partial charge in [0.25, 0.3) is 0 Å². The first-order valence-corrected chi connectivity index (χ1v) is 9.04. The number of hydrogen-bond acceptors (Lipinski definition) is 4. The lowest BCUT2D eigenvalue weighted by atomic mass is 10.00. The quantitative estimate of drug-likeness (QED) is 0.923. The summed E-state index contributed by atoms with van der Waals surface area (Å²) in [6.07, 6.45) is 7.20. The van der Waals surface area contributed by atoms with Crippen molar-refractivity contribution in [3.63, 3.8) is 0 Å². The third-order valence-electron chi connectivity index (χ3n) is 4.50. The van der Waals surface area contributed by atoms with Crippen LogP contribution in [0, 0.1) is 5.92 Å². The molecule has 2 aliphatic rings. The average molecular weight is 291 g/mol. The summed E-state index contributed by atoms with van der Waals surface area (Å²) in [6.45, 7) is 3.50. The fourth-order valence-corrected chi connectivity index (χ4v) is 4.34. The van der Waals surface area contributed by atoms with Crippen molar-refractivity contribution in [3.05, 3.63) is 24.4 Å². The topological polar surface area (TPSA) is 28.2 Å². The molecule has 2 saturated heterocycles. The SMILES string of the molecule is c1ccc(N2CCC(NCC3CCSCC3)CC2)nc1. The molecule has 1 aromatic rings. The zero-order chi connectivity index (χ0) is 13.6. The van der Waals surface area contributed by atoms with Gasteiger partial charge in [-0.05, 0) is 61.8 Å². The smallest absolute Gasteiger partial charge is 0.128 e. The molecule has 4 heteroatoms. The zero-order valence-electron chi connectivity index (χ0n) is 12.1. The molecule has 0 aliphatic carbocycles. The molecule has 0 aromatic carbocycles. The molecule has 3 heterocycles. The summed E-state index contributed by atoms with van der Waals surface area (Å²) in [4.78, 5) is 6.86. The van der Waals surface area contributed by atoms with Gasteiger partial charge in [-0.25, -0.2) is 4.98 Å². The van der Waals surface area contributed by atoms with Gasteiger partial charge in [0, 0.05) is 25.3 Å². The van der Waals surface area contributed by atoms with E-state index in [4.69, 9.17) is 0 Å². The van der Waals surface area contributed by atoms with Gasteiger partial charge in [-0.1, -0.05) is 6.07 Å². The fourth-order valence-electron chi connectivity index (χ4n) is 3.14. The molecule has 0 unspecified atom stereocenters. The highest BCUT2D eigenvalue weighted by molar-refractivity contribution is 7.99. The molecule has 20 heavy (non-hydrogen) atoms. The van der Waals surface area contributed by atoms with Gasteiger partial charge in [-0.3, -0.25) is 0 Å². The molecular formula is C16H25N3S. The van der Waals surface area contributed by atoms with Gasteiger partial charge in [0.05, 0.1) is 0 Å². The second-order valence-corrected chi connectivity index (χ2v) is 7.14. The van der Waals surface area contributed by atoms with Crippen molar-refractivity contribution < 1.29 is 0 Å². The molecule has 0 atom stereocenters. The number of aromatic nitrogens is 1. The van der Waals surface area contributed by atoms with Crippen LogP contribution in [-0.2, 0) is 0 Å². The predicted octanol–water partition coefficient (Wildman–Crippen LogP) is 2.78. The van der Waals surface area contributed by atoms with E-state index in [1.54, 1.807) is 0 Å². The monoisotopic (exact) mass is 291 g/mol. The number of thioether (sulfide) groups is 1. The number of hydrogen-bond donors (Lipinski definition) is 1. The van der Waals surface area contributed by atoms with Crippen LogP contribution in [0.5, 0.6) is 0 Å². The van der Waals surface area contributed by atoms with Crippen LogP contribution in [-0.4, -0.2) is 42.2 Å². The Morgan fingerprint density at radius 1 is 1.15 bits per heavy atom. The summed E-state index contributed by atoms with van der Waals surface area (Å²) in [7, 11) is 0. The second-order valence-electron chi connectivity index (χ2n) is 5.91. The molecule has 0 radical (unpaired) electrons. The largest absolute Gasteiger partial charge is 0.357 e. The van der Waals surface area contributed by atoms with E-state index in [2.05, 4.69) is 39.1 Å². The van der Waals surface area contributed by atoms with Crippen LogP contribution in [0.3, 0.4) is 0 Å². The van der Waals surface area contributed by atoms with Crippen molar-refractivity contribution in [1.29, 1.82) is 0 Å². The molecule has 110 valence electrons. The summed E-state index contributed by atoms with van der Waals surface area (Å²) in [6, 6.07) is 6.89. The number of nitrogens with zero attached hydrogens (tertiary/aromatic N) is 2. The first-order valence-electron chi connectivity index (χ1n) is 7.89. The summed E-state index contributed by atoms with van der Waals surface area (Å²) in [5.41, 5.74) is 0. The summed E-state index contributed by atoms with van der Waals surface area (Å²) in [5.74, 6) is 4.79. The van der Waals surface area contributed by atoms with Gasteiger partial charge in [-0.2, -0.15) is 11.8 Å². The van der Waals surface area contributed by atoms with E-state index >= 15 is 0 Å². The molecule has 2 aliphatic heterocycles. The van der Waals surface area contributed by atoms with E-state index in [9.17, 15) is 0 Å². The van der Waals surface area contributed by atoms with E-state index in [1.165, 1.54) is 43.7 Å². The van der Waals surface area contributed by atoms with Crippen LogP contribution in [0.4, 0.5) is 5.82 Å². The zero-order valence-corrected chi connectivity index (χ0v) is 12.9. The van der Waals surface area contributed by atoms with Crippen LogP contribution >= 0.6 is 11.8 Å². The lowest BCUT2D eigenvalue weighted by Crippen LogP contribution is -2.44. The van der Waals surface area contributed by atoms with Crippen molar-refractivity contribution in [3.8, 4) is 0 Å². The maximum Gasteiger partial charge on any atom is 0.128 e. The summed E-state index contributed by atoms with van der Waals surface area (Å²) in [5, 5.41) is 3.81. The second kappa shape index (κ2) is 7.32. The third-order valence-corrected chi connectivity index (χ3v) is 5.55. The molecule has 0 amide bonds. The van der Waals surface area contributed by atoms with E-state index in [1.807, 2.05) is 12.3 Å². The molecule has 3 nitrogen and oxygen atoms in total. The Morgan fingerprint density at radius 3 is 2.65 bits per heavy atom. The number of nitrogens with one attached hydrogen (secondary N) is 1. The Morgan fingerprint density at radius 2 is 1.95 bits per heavy atom. The Balaban J connectivity index is 1.40. The molecule has 3 rings (SSSR count). The van der Waals surface area contributed by atoms with Crippen LogP contribution < -0.4 is 10.2 Å². The Labute approximate surface area is 126 Å². The maximum atomic E-state index is 4.45. The van der Waals surface area contributed by atoms with Gasteiger partial charge in [0.2, 0.25) is 0 Å². The summed E-state index contributed by atoms with van der Waals surface area (Å²) >= 11 is 2.12. The summed E-state index contributed by atoms with van der Waals surface area (Å²) < 4.78 is 0. The minimum atomic E-state index is 0.713. The minimum absolute atomic E-state index is 0.713. The average Bonchev–Trinajstić information content (AvgIpc) is 2.55. The van der Waals surface area contributed by atoms with Crippen LogP contribution in [0.15, 0.2) is 24.4 Å². The molecule has 1 N–H and O–H groups in total. The Hall–Kier alpha value is -0.740. The maximum absolute atomic E-state index is 4.45. The van der Waals surface area contributed by atoms with Crippen molar-refractivity contribution in [1.82, 2.24) is 10.3 Å². The fraction of sp³-hybridized carbons (Fsp3) is 0.688. The lowest BCUT2D eigenvalue weighted by molar-refractivity contribution is 0.363. The van der Waals surface area contributed by atoms with Crippen LogP contribution in [0.25, 0.3) is 0 Å². The molecule has 0 spiro atoms. The van der Waals surface area contributed by atoms with E-state index in [-0.39, 0.29) is 0 Å². The third kappa shape index (κ3) is 3.89. The first-order chi connectivity index (χ1) is 9.92. The Bertz CT molecular complexity index is 384. The highest BCUT2D eigenvalue weighted by atomic mass is 32.2. The van der Waals surface area contributed by atoms with Crippen LogP contribution in [0.1, 0.15) is 25.7 Å². The van der Waals surface area contributed by atoms with Gasteiger partial charge >= 0.3 is 0 Å². The number of piperidine rings is 1. The molecule has 0 saturated carbocycles. The van der Waals surface area contributed by atoms with Crippen molar-refractivity contribution in [2.24, 2.45) is 5.92 Å². The van der Waals surface area contributed by atoms with Gasteiger partial charge in [0.15, 0.2) is 0 Å². The van der Waals surface area contributed by atoms with Crippen molar-refractivity contribution in [2.75, 3.05) is 36.0 Å².